The molecule has 0 unspecified atom stereocenters. The van der Waals surface area contributed by atoms with Gasteiger partial charge in [-0.3, -0.25) is 9.78 Å². The van der Waals surface area contributed by atoms with Crippen molar-refractivity contribution in [2.24, 2.45) is 0 Å². The van der Waals surface area contributed by atoms with Gasteiger partial charge in [0.1, 0.15) is 5.69 Å². The van der Waals surface area contributed by atoms with Crippen LogP contribution < -0.4 is 4.90 Å². The summed E-state index contributed by atoms with van der Waals surface area (Å²) >= 11 is 1.63. The monoisotopic (exact) mass is 328 g/mol. The second-order valence-electron chi connectivity index (χ2n) is 6.29. The van der Waals surface area contributed by atoms with E-state index in [9.17, 15) is 4.79 Å². The van der Waals surface area contributed by atoms with Crippen molar-refractivity contribution in [3.63, 3.8) is 0 Å². The molecule has 2 aromatic heterocycles. The summed E-state index contributed by atoms with van der Waals surface area (Å²) in [4.78, 5) is 25.6. The number of pyridine rings is 1. The van der Waals surface area contributed by atoms with Gasteiger partial charge >= 0.3 is 0 Å². The SMILES string of the molecule is Cc1ccncc1N1CCN(C(=O)c2csc(C3CC3)n2)CC1. The minimum atomic E-state index is 0.0794. The average molecular weight is 328 g/mol. The molecule has 2 fully saturated rings. The lowest BCUT2D eigenvalue weighted by atomic mass is 10.2. The van der Waals surface area contributed by atoms with Crippen LogP contribution in [0.3, 0.4) is 0 Å². The van der Waals surface area contributed by atoms with Crippen LogP contribution in [0.1, 0.15) is 39.8 Å². The number of hydrogen-bond donors (Lipinski definition) is 0. The van der Waals surface area contributed by atoms with Gasteiger partial charge < -0.3 is 9.80 Å². The molecule has 1 aliphatic heterocycles. The zero-order valence-electron chi connectivity index (χ0n) is 13.2. The zero-order chi connectivity index (χ0) is 15.8. The van der Waals surface area contributed by atoms with Gasteiger partial charge in [-0.25, -0.2) is 4.98 Å². The molecule has 1 aliphatic carbocycles. The molecule has 0 radical (unpaired) electrons. The predicted molar refractivity (Wildman–Crippen MR) is 91.2 cm³/mol. The van der Waals surface area contributed by atoms with Crippen molar-refractivity contribution in [2.45, 2.75) is 25.7 Å². The number of anilines is 1. The molecule has 1 amide bonds. The van der Waals surface area contributed by atoms with Gasteiger partial charge in [0.15, 0.2) is 0 Å². The molecule has 2 aromatic rings. The molecular formula is C17H20N4OS. The van der Waals surface area contributed by atoms with Crippen molar-refractivity contribution in [1.82, 2.24) is 14.9 Å². The van der Waals surface area contributed by atoms with Crippen LogP contribution in [0.15, 0.2) is 23.8 Å². The summed E-state index contributed by atoms with van der Waals surface area (Å²) in [5.74, 6) is 0.697. The van der Waals surface area contributed by atoms with Gasteiger partial charge in [0.25, 0.3) is 5.91 Å². The third-order valence-electron chi connectivity index (χ3n) is 4.59. The topological polar surface area (TPSA) is 49.3 Å². The van der Waals surface area contributed by atoms with Crippen molar-refractivity contribution in [2.75, 3.05) is 31.1 Å². The van der Waals surface area contributed by atoms with Crippen LogP contribution in [0, 0.1) is 6.92 Å². The standard InChI is InChI=1S/C17H20N4OS/c1-12-4-5-18-10-15(12)20-6-8-21(9-7-20)17(22)14-11-23-16(19-14)13-2-3-13/h4-5,10-11,13H,2-3,6-9H2,1H3. The van der Waals surface area contributed by atoms with Crippen LogP contribution >= 0.6 is 11.3 Å². The summed E-state index contributed by atoms with van der Waals surface area (Å²) in [5.41, 5.74) is 3.03. The van der Waals surface area contributed by atoms with Gasteiger partial charge in [0, 0.05) is 43.7 Å². The fourth-order valence-corrected chi connectivity index (χ4v) is 3.97. The van der Waals surface area contributed by atoms with Crippen LogP contribution in [-0.2, 0) is 0 Å². The maximum Gasteiger partial charge on any atom is 0.273 e. The Kier molecular flexibility index (Phi) is 3.77. The van der Waals surface area contributed by atoms with Gasteiger partial charge in [-0.1, -0.05) is 0 Å². The molecule has 5 nitrogen and oxygen atoms in total. The molecule has 0 spiro atoms. The number of rotatable bonds is 3. The smallest absolute Gasteiger partial charge is 0.273 e. The minimum Gasteiger partial charge on any atom is -0.367 e. The summed E-state index contributed by atoms with van der Waals surface area (Å²) in [5, 5.41) is 3.06. The third-order valence-corrected chi connectivity index (χ3v) is 5.59. The fraction of sp³-hybridized carbons (Fsp3) is 0.471. The van der Waals surface area contributed by atoms with E-state index < -0.39 is 0 Å². The predicted octanol–water partition coefficient (Wildman–Crippen LogP) is 2.69. The number of amides is 1. The summed E-state index contributed by atoms with van der Waals surface area (Å²) in [6, 6.07) is 2.03. The Morgan fingerprint density at radius 1 is 1.26 bits per heavy atom. The summed E-state index contributed by atoms with van der Waals surface area (Å²) < 4.78 is 0. The minimum absolute atomic E-state index is 0.0794. The van der Waals surface area contributed by atoms with Gasteiger partial charge in [-0.15, -0.1) is 11.3 Å². The second kappa shape index (κ2) is 5.92. The molecule has 23 heavy (non-hydrogen) atoms. The first-order chi connectivity index (χ1) is 11.2. The lowest BCUT2D eigenvalue weighted by Crippen LogP contribution is -2.49. The summed E-state index contributed by atoms with van der Waals surface area (Å²) in [6.45, 7) is 5.27. The van der Waals surface area contributed by atoms with Crippen molar-refractivity contribution in [3.8, 4) is 0 Å². The Hall–Kier alpha value is -1.95. The van der Waals surface area contributed by atoms with Crippen LogP contribution in [0.5, 0.6) is 0 Å². The first-order valence-corrected chi connectivity index (χ1v) is 9.00. The first-order valence-electron chi connectivity index (χ1n) is 8.12. The number of aromatic nitrogens is 2. The van der Waals surface area contributed by atoms with Crippen molar-refractivity contribution in [3.05, 3.63) is 40.1 Å². The number of nitrogens with zero attached hydrogens (tertiary/aromatic N) is 4. The fourth-order valence-electron chi connectivity index (χ4n) is 3.00. The number of carbonyl (C=O) groups excluding carboxylic acids is 1. The number of thiazole rings is 1. The Morgan fingerprint density at radius 3 is 2.74 bits per heavy atom. The van der Waals surface area contributed by atoms with Crippen LogP contribution in [0.4, 0.5) is 5.69 Å². The van der Waals surface area contributed by atoms with Gasteiger partial charge in [0.05, 0.1) is 16.9 Å². The first kappa shape index (κ1) is 14.6. The summed E-state index contributed by atoms with van der Waals surface area (Å²) in [6.07, 6.45) is 6.18. The van der Waals surface area contributed by atoms with Crippen LogP contribution in [0.25, 0.3) is 0 Å². The Bertz CT molecular complexity index is 717. The van der Waals surface area contributed by atoms with Gasteiger partial charge in [-0.2, -0.15) is 0 Å². The maximum absolute atomic E-state index is 12.6. The third kappa shape index (κ3) is 2.95. The van der Waals surface area contributed by atoms with E-state index in [1.807, 2.05) is 28.7 Å². The maximum atomic E-state index is 12.6. The van der Waals surface area contributed by atoms with Crippen molar-refractivity contribution >= 4 is 22.9 Å². The van der Waals surface area contributed by atoms with Gasteiger partial charge in [-0.05, 0) is 31.4 Å². The van der Waals surface area contributed by atoms with Crippen molar-refractivity contribution < 1.29 is 4.79 Å². The van der Waals surface area contributed by atoms with E-state index in [4.69, 9.17) is 0 Å². The average Bonchev–Trinajstić information content (AvgIpc) is 3.32. The molecule has 0 bridgehead atoms. The highest BCUT2D eigenvalue weighted by Gasteiger charge is 2.29. The lowest BCUT2D eigenvalue weighted by molar-refractivity contribution is 0.0741. The molecule has 0 atom stereocenters. The van der Waals surface area contributed by atoms with E-state index in [0.717, 1.165) is 31.2 Å². The molecule has 3 heterocycles. The molecule has 120 valence electrons. The Balaban J connectivity index is 1.40. The molecule has 1 saturated heterocycles. The van der Waals surface area contributed by atoms with E-state index >= 15 is 0 Å². The van der Waals surface area contributed by atoms with Crippen molar-refractivity contribution in [1.29, 1.82) is 0 Å². The number of aryl methyl sites for hydroxylation is 1. The molecule has 4 rings (SSSR count). The zero-order valence-corrected chi connectivity index (χ0v) is 14.1. The van der Waals surface area contributed by atoms with E-state index in [0.29, 0.717) is 11.6 Å². The van der Waals surface area contributed by atoms with E-state index in [1.165, 1.54) is 24.1 Å². The molecule has 0 N–H and O–H groups in total. The van der Waals surface area contributed by atoms with E-state index in [-0.39, 0.29) is 5.91 Å². The molecule has 2 aliphatic rings. The second-order valence-corrected chi connectivity index (χ2v) is 7.18. The highest BCUT2D eigenvalue weighted by molar-refractivity contribution is 7.10. The number of piperazine rings is 1. The molecule has 6 heteroatoms. The Morgan fingerprint density at radius 2 is 2.04 bits per heavy atom. The number of carbonyl (C=O) groups is 1. The normalized spacial score (nSPS) is 18.3. The number of hydrogen-bond acceptors (Lipinski definition) is 5. The molecular weight excluding hydrogens is 308 g/mol. The quantitative estimate of drug-likeness (QED) is 0.869. The largest absolute Gasteiger partial charge is 0.367 e. The highest BCUT2D eigenvalue weighted by Crippen LogP contribution is 2.41. The van der Waals surface area contributed by atoms with E-state index in [1.54, 1.807) is 11.3 Å². The van der Waals surface area contributed by atoms with Crippen LogP contribution in [0.2, 0.25) is 0 Å². The van der Waals surface area contributed by atoms with Crippen LogP contribution in [-0.4, -0.2) is 47.0 Å². The molecule has 1 saturated carbocycles. The lowest BCUT2D eigenvalue weighted by Gasteiger charge is -2.36. The van der Waals surface area contributed by atoms with E-state index in [2.05, 4.69) is 21.8 Å². The molecule has 0 aromatic carbocycles. The Labute approximate surface area is 140 Å². The highest BCUT2D eigenvalue weighted by atomic mass is 32.1. The summed E-state index contributed by atoms with van der Waals surface area (Å²) in [7, 11) is 0. The van der Waals surface area contributed by atoms with Gasteiger partial charge in [0.2, 0.25) is 0 Å².